The summed E-state index contributed by atoms with van der Waals surface area (Å²) in [7, 11) is 1.64. The molecule has 5 nitrogen and oxygen atoms in total. The number of nitrogens with two attached hydrogens (primary N) is 1. The molecule has 0 bridgehead atoms. The summed E-state index contributed by atoms with van der Waals surface area (Å²) in [4.78, 5) is 8.93. The third kappa shape index (κ3) is 3.00. The van der Waals surface area contributed by atoms with Gasteiger partial charge in [-0.3, -0.25) is 0 Å². The molecule has 0 saturated carbocycles. The summed E-state index contributed by atoms with van der Waals surface area (Å²) >= 11 is 0. The van der Waals surface area contributed by atoms with Crippen molar-refractivity contribution in [2.75, 3.05) is 12.5 Å². The number of benzene rings is 1. The van der Waals surface area contributed by atoms with E-state index in [0.29, 0.717) is 17.6 Å². The van der Waals surface area contributed by atoms with Crippen LogP contribution in [0.1, 0.15) is 25.5 Å². The average Bonchev–Trinajstić information content (AvgIpc) is 2.46. The second-order valence-electron chi connectivity index (χ2n) is 4.53. The Morgan fingerprint density at radius 3 is 2.37 bits per heavy atom. The SMILES string of the molecule is COc1ccc(-c2nc(NN)cc(C(C)C)n2)cc1. The van der Waals surface area contributed by atoms with Crippen LogP contribution in [0.15, 0.2) is 30.3 Å². The number of hydrogen-bond donors (Lipinski definition) is 2. The molecular formula is C14H18N4O. The van der Waals surface area contributed by atoms with Crippen molar-refractivity contribution in [1.82, 2.24) is 9.97 Å². The highest BCUT2D eigenvalue weighted by Gasteiger charge is 2.09. The van der Waals surface area contributed by atoms with Crippen molar-refractivity contribution < 1.29 is 4.74 Å². The van der Waals surface area contributed by atoms with Gasteiger partial charge in [-0.05, 0) is 30.2 Å². The first-order chi connectivity index (χ1) is 9.13. The number of nitrogens with zero attached hydrogens (tertiary/aromatic N) is 2. The van der Waals surface area contributed by atoms with Crippen LogP contribution in [0.2, 0.25) is 0 Å². The van der Waals surface area contributed by atoms with Crippen LogP contribution < -0.4 is 16.0 Å². The number of rotatable bonds is 4. The highest BCUT2D eigenvalue weighted by Crippen LogP contribution is 2.23. The molecule has 19 heavy (non-hydrogen) atoms. The number of ether oxygens (including phenoxy) is 1. The van der Waals surface area contributed by atoms with Crippen LogP contribution in [0.4, 0.5) is 5.82 Å². The highest BCUT2D eigenvalue weighted by atomic mass is 16.5. The molecule has 1 aromatic carbocycles. The zero-order valence-electron chi connectivity index (χ0n) is 11.3. The lowest BCUT2D eigenvalue weighted by molar-refractivity contribution is 0.415. The molecule has 0 radical (unpaired) electrons. The van der Waals surface area contributed by atoms with Gasteiger partial charge in [-0.15, -0.1) is 0 Å². The van der Waals surface area contributed by atoms with Gasteiger partial charge < -0.3 is 10.2 Å². The van der Waals surface area contributed by atoms with Gasteiger partial charge in [0.25, 0.3) is 0 Å². The minimum Gasteiger partial charge on any atom is -0.497 e. The van der Waals surface area contributed by atoms with E-state index >= 15 is 0 Å². The van der Waals surface area contributed by atoms with Crippen molar-refractivity contribution in [3.05, 3.63) is 36.0 Å². The van der Waals surface area contributed by atoms with Gasteiger partial charge in [0.05, 0.1) is 7.11 Å². The smallest absolute Gasteiger partial charge is 0.161 e. The molecule has 0 aliphatic carbocycles. The van der Waals surface area contributed by atoms with Gasteiger partial charge in [-0.2, -0.15) is 0 Å². The van der Waals surface area contributed by atoms with E-state index in [-0.39, 0.29) is 0 Å². The minimum absolute atomic E-state index is 0.312. The Labute approximate surface area is 112 Å². The van der Waals surface area contributed by atoms with E-state index in [1.54, 1.807) is 7.11 Å². The molecule has 5 heteroatoms. The quantitative estimate of drug-likeness (QED) is 0.651. The lowest BCUT2D eigenvalue weighted by atomic mass is 10.1. The Bertz CT molecular complexity index is 552. The van der Waals surface area contributed by atoms with Crippen LogP contribution in [0.25, 0.3) is 11.4 Å². The van der Waals surface area contributed by atoms with E-state index in [1.807, 2.05) is 30.3 Å². The van der Waals surface area contributed by atoms with Crippen LogP contribution in [0, 0.1) is 0 Å². The fourth-order valence-corrected chi connectivity index (χ4v) is 1.70. The molecule has 0 amide bonds. The minimum atomic E-state index is 0.312. The predicted octanol–water partition coefficient (Wildman–Crippen LogP) is 2.56. The fraction of sp³-hybridized carbons (Fsp3) is 0.286. The third-order valence-electron chi connectivity index (χ3n) is 2.83. The molecule has 3 N–H and O–H groups in total. The van der Waals surface area contributed by atoms with E-state index in [4.69, 9.17) is 10.6 Å². The van der Waals surface area contributed by atoms with E-state index in [0.717, 1.165) is 17.0 Å². The summed E-state index contributed by atoms with van der Waals surface area (Å²) in [6.45, 7) is 4.17. The number of anilines is 1. The summed E-state index contributed by atoms with van der Waals surface area (Å²) in [6, 6.07) is 9.49. The van der Waals surface area contributed by atoms with Crippen LogP contribution in [-0.2, 0) is 0 Å². The monoisotopic (exact) mass is 258 g/mol. The molecule has 100 valence electrons. The molecule has 2 rings (SSSR count). The molecule has 1 aromatic heterocycles. The van der Waals surface area contributed by atoms with E-state index in [9.17, 15) is 0 Å². The largest absolute Gasteiger partial charge is 0.497 e. The number of methoxy groups -OCH3 is 1. The lowest BCUT2D eigenvalue weighted by Crippen LogP contribution is -2.11. The molecule has 1 heterocycles. The molecule has 2 aromatic rings. The Morgan fingerprint density at radius 2 is 1.84 bits per heavy atom. The van der Waals surface area contributed by atoms with E-state index in [1.165, 1.54) is 0 Å². The van der Waals surface area contributed by atoms with Crippen LogP contribution in [-0.4, -0.2) is 17.1 Å². The first-order valence-electron chi connectivity index (χ1n) is 6.14. The lowest BCUT2D eigenvalue weighted by Gasteiger charge is -2.10. The van der Waals surface area contributed by atoms with Gasteiger partial charge in [-0.25, -0.2) is 15.8 Å². The van der Waals surface area contributed by atoms with E-state index in [2.05, 4.69) is 29.2 Å². The summed E-state index contributed by atoms with van der Waals surface area (Å²) in [6.07, 6.45) is 0. The van der Waals surface area contributed by atoms with Gasteiger partial charge in [0.2, 0.25) is 0 Å². The standard InChI is InChI=1S/C14H18N4O/c1-9(2)12-8-13(18-15)17-14(16-12)10-4-6-11(19-3)7-5-10/h4-9H,15H2,1-3H3,(H,16,17,18). The first-order valence-corrected chi connectivity index (χ1v) is 6.14. The Balaban J connectivity index is 2.44. The maximum Gasteiger partial charge on any atom is 0.161 e. The number of hydrazine groups is 1. The third-order valence-corrected chi connectivity index (χ3v) is 2.83. The second-order valence-corrected chi connectivity index (χ2v) is 4.53. The Morgan fingerprint density at radius 1 is 1.16 bits per heavy atom. The van der Waals surface area contributed by atoms with Gasteiger partial charge in [0, 0.05) is 17.3 Å². The molecular weight excluding hydrogens is 240 g/mol. The maximum absolute atomic E-state index is 5.45. The summed E-state index contributed by atoms with van der Waals surface area (Å²) < 4.78 is 5.14. The summed E-state index contributed by atoms with van der Waals surface area (Å²) in [5.74, 6) is 7.84. The van der Waals surface area contributed by atoms with Crippen molar-refractivity contribution in [3.8, 4) is 17.1 Å². The predicted molar refractivity (Wildman–Crippen MR) is 75.9 cm³/mol. The molecule has 0 aliphatic rings. The normalized spacial score (nSPS) is 10.6. The average molecular weight is 258 g/mol. The molecule has 0 saturated heterocycles. The van der Waals surface area contributed by atoms with Gasteiger partial charge in [0.1, 0.15) is 11.6 Å². The molecule has 0 spiro atoms. The van der Waals surface area contributed by atoms with Gasteiger partial charge >= 0.3 is 0 Å². The number of nitrogens with one attached hydrogen (secondary N) is 1. The second kappa shape index (κ2) is 5.67. The van der Waals surface area contributed by atoms with Crippen LogP contribution in [0.3, 0.4) is 0 Å². The zero-order valence-corrected chi connectivity index (χ0v) is 11.3. The van der Waals surface area contributed by atoms with Crippen LogP contribution >= 0.6 is 0 Å². The Kier molecular flexibility index (Phi) is 3.97. The van der Waals surface area contributed by atoms with Gasteiger partial charge in [-0.1, -0.05) is 13.8 Å². The Hall–Kier alpha value is -2.14. The van der Waals surface area contributed by atoms with Crippen molar-refractivity contribution in [2.45, 2.75) is 19.8 Å². The molecule has 0 fully saturated rings. The van der Waals surface area contributed by atoms with Crippen molar-refractivity contribution in [2.24, 2.45) is 5.84 Å². The van der Waals surface area contributed by atoms with Crippen molar-refractivity contribution in [1.29, 1.82) is 0 Å². The zero-order chi connectivity index (χ0) is 13.8. The van der Waals surface area contributed by atoms with Crippen molar-refractivity contribution >= 4 is 5.82 Å². The number of aromatic nitrogens is 2. The van der Waals surface area contributed by atoms with E-state index < -0.39 is 0 Å². The van der Waals surface area contributed by atoms with Crippen molar-refractivity contribution in [3.63, 3.8) is 0 Å². The summed E-state index contributed by atoms with van der Waals surface area (Å²) in [5.41, 5.74) is 4.46. The maximum atomic E-state index is 5.45. The highest BCUT2D eigenvalue weighted by molar-refractivity contribution is 5.58. The van der Waals surface area contributed by atoms with Gasteiger partial charge in [0.15, 0.2) is 5.82 Å². The first kappa shape index (κ1) is 13.3. The molecule has 0 unspecified atom stereocenters. The molecule has 0 aliphatic heterocycles. The summed E-state index contributed by atoms with van der Waals surface area (Å²) in [5, 5.41) is 0. The fourth-order valence-electron chi connectivity index (χ4n) is 1.70. The number of nitrogen functional groups attached to an aromatic ring is 1. The molecule has 0 atom stereocenters. The number of hydrogen-bond acceptors (Lipinski definition) is 5. The van der Waals surface area contributed by atoms with Crippen LogP contribution in [0.5, 0.6) is 5.75 Å². The topological polar surface area (TPSA) is 73.1 Å².